The number of rotatable bonds is 4. The highest BCUT2D eigenvalue weighted by atomic mass is 32.1. The number of aromatic nitrogens is 4. The van der Waals surface area contributed by atoms with Crippen LogP contribution in [0.25, 0.3) is 195 Å². The van der Waals surface area contributed by atoms with Crippen LogP contribution >= 0.6 is 11.3 Å². The van der Waals surface area contributed by atoms with Crippen LogP contribution in [0.2, 0.25) is 0 Å². The Labute approximate surface area is 512 Å². The molecule has 5 aromatic heterocycles. The van der Waals surface area contributed by atoms with Gasteiger partial charge in [-0.1, -0.05) is 170 Å². The quantitative estimate of drug-likeness (QED) is 0.157. The van der Waals surface area contributed by atoms with E-state index in [9.17, 15) is 0 Å². The van der Waals surface area contributed by atoms with Crippen molar-refractivity contribution in [2.75, 3.05) is 0 Å². The highest BCUT2D eigenvalue weighted by Crippen LogP contribution is 2.48. The van der Waals surface area contributed by atoms with E-state index in [-0.39, 0.29) is 0 Å². The van der Waals surface area contributed by atoms with Crippen LogP contribution in [-0.4, -0.2) is 18.3 Å². The Hall–Kier alpha value is -11.5. The van der Waals surface area contributed by atoms with Gasteiger partial charge in [0.15, 0.2) is 0 Å². The molecule has 0 spiro atoms. The number of thiophene rings is 1. The first-order chi connectivity index (χ1) is 44.1. The zero-order valence-corrected chi connectivity index (χ0v) is 48.7. The maximum Gasteiger partial charge on any atom is 0.0542 e. The second kappa shape index (κ2) is 17.6. The fourth-order valence-electron chi connectivity index (χ4n) is 16.1. The Kier molecular flexibility index (Phi) is 9.42. The molecule has 21 rings (SSSR count). The van der Waals surface area contributed by atoms with Gasteiger partial charge in [0.2, 0.25) is 0 Å². The van der Waals surface area contributed by atoms with E-state index < -0.39 is 0 Å². The van der Waals surface area contributed by atoms with E-state index in [4.69, 9.17) is 0 Å². The second-order valence-electron chi connectivity index (χ2n) is 24.3. The minimum absolute atomic E-state index is 1.15. The van der Waals surface area contributed by atoms with E-state index in [0.717, 1.165) is 22.7 Å². The molecule has 5 heteroatoms. The number of benzene rings is 16. The van der Waals surface area contributed by atoms with Crippen molar-refractivity contribution in [2.45, 2.75) is 0 Å². The topological polar surface area (TPSA) is 19.7 Å². The van der Waals surface area contributed by atoms with Crippen LogP contribution in [0.1, 0.15) is 0 Å². The molecular formula is C84H48N4S. The van der Waals surface area contributed by atoms with Crippen molar-refractivity contribution in [3.8, 4) is 22.7 Å². The molecule has 16 aromatic carbocycles. The van der Waals surface area contributed by atoms with E-state index in [2.05, 4.69) is 309 Å². The van der Waals surface area contributed by atoms with Gasteiger partial charge in [0, 0.05) is 86.0 Å². The average Bonchev–Trinajstić information content (AvgIpc) is 2.59. The highest BCUT2D eigenvalue weighted by molar-refractivity contribution is 7.26. The molecule has 0 N–H and O–H groups in total. The molecule has 5 heterocycles. The minimum Gasteiger partial charge on any atom is -0.309 e. The van der Waals surface area contributed by atoms with Crippen molar-refractivity contribution in [3.05, 3.63) is 291 Å². The molecule has 4 nitrogen and oxygen atoms in total. The Balaban J connectivity index is 0.723. The summed E-state index contributed by atoms with van der Waals surface area (Å²) < 4.78 is 12.4. The summed E-state index contributed by atoms with van der Waals surface area (Å²) >= 11 is 1.92. The van der Waals surface area contributed by atoms with Gasteiger partial charge in [-0.3, -0.25) is 0 Å². The molecule has 0 aliphatic rings. The molecule has 0 unspecified atom stereocenters. The van der Waals surface area contributed by atoms with Crippen molar-refractivity contribution < 1.29 is 0 Å². The Morgan fingerprint density at radius 3 is 0.674 bits per heavy atom. The third-order valence-corrected chi connectivity index (χ3v) is 21.0. The third-order valence-electron chi connectivity index (χ3n) is 19.9. The van der Waals surface area contributed by atoms with Gasteiger partial charge in [-0.25, -0.2) is 0 Å². The molecule has 0 fully saturated rings. The van der Waals surface area contributed by atoms with Crippen LogP contribution < -0.4 is 0 Å². The van der Waals surface area contributed by atoms with Crippen LogP contribution in [0, 0.1) is 0 Å². The summed E-state index contributed by atoms with van der Waals surface area (Å²) in [5.41, 5.74) is 14.3. The lowest BCUT2D eigenvalue weighted by atomic mass is 9.91. The Bertz CT molecular complexity index is 6230. The third kappa shape index (κ3) is 6.45. The van der Waals surface area contributed by atoms with Gasteiger partial charge in [-0.15, -0.1) is 11.3 Å². The average molecular weight is 1150 g/mol. The lowest BCUT2D eigenvalue weighted by molar-refractivity contribution is 1.17. The zero-order chi connectivity index (χ0) is 57.7. The summed E-state index contributed by atoms with van der Waals surface area (Å²) in [6.07, 6.45) is 0. The van der Waals surface area contributed by atoms with Gasteiger partial charge in [0.05, 0.1) is 44.1 Å². The van der Waals surface area contributed by atoms with E-state index in [1.54, 1.807) is 0 Å². The molecule has 0 aliphatic carbocycles. The van der Waals surface area contributed by atoms with Gasteiger partial charge in [0.25, 0.3) is 0 Å². The second-order valence-corrected chi connectivity index (χ2v) is 25.4. The van der Waals surface area contributed by atoms with Crippen molar-refractivity contribution in [1.29, 1.82) is 0 Å². The van der Waals surface area contributed by atoms with Gasteiger partial charge in [-0.05, 0) is 186 Å². The molecule has 89 heavy (non-hydrogen) atoms. The smallest absolute Gasteiger partial charge is 0.0542 e. The van der Waals surface area contributed by atoms with Crippen LogP contribution in [-0.2, 0) is 0 Å². The molecule has 0 radical (unpaired) electrons. The molecule has 0 bridgehead atoms. The van der Waals surface area contributed by atoms with Crippen LogP contribution in [0.15, 0.2) is 291 Å². The standard InChI is InChI=1S/C84H48N4S/c1-3-19-55-53(17-1)65-41-49(87-79-31-15-9-25-63(79)71-43-51(35-39-81(71)87)85-75-27-11-5-21-59(75)60-22-6-12-28-76(60)85)33-37-57(65)69-47-83-73(45-67(55)69)74-46-68-56-20-4-2-18-54(56)66-42-50(34-38-58(66)70(68)48-84(74)89-83)88-80-32-16-10-26-64(80)72-44-52(36-40-82(72)88)86-77-29-13-7-23-61(77)62-24-8-14-30-78(62)86/h1-48H. The van der Waals surface area contributed by atoms with Crippen LogP contribution in [0.4, 0.5) is 0 Å². The largest absolute Gasteiger partial charge is 0.309 e. The fourth-order valence-corrected chi connectivity index (χ4v) is 17.2. The lowest BCUT2D eigenvalue weighted by Gasteiger charge is -2.15. The highest BCUT2D eigenvalue weighted by Gasteiger charge is 2.22. The summed E-state index contributed by atoms with van der Waals surface area (Å²) in [5, 5.41) is 27.9. The summed E-state index contributed by atoms with van der Waals surface area (Å²) in [7, 11) is 0. The fraction of sp³-hybridized carbons (Fsp3) is 0. The predicted octanol–water partition coefficient (Wildman–Crippen LogP) is 23.4. The number of hydrogen-bond acceptors (Lipinski definition) is 1. The molecule has 0 amide bonds. The van der Waals surface area contributed by atoms with Crippen molar-refractivity contribution in [1.82, 2.24) is 18.3 Å². The number of fused-ring (bicyclic) bond motifs is 27. The molecule has 0 aliphatic heterocycles. The minimum atomic E-state index is 1.15. The van der Waals surface area contributed by atoms with Crippen molar-refractivity contribution in [3.63, 3.8) is 0 Å². The molecule has 0 atom stereocenters. The number of nitrogens with zero attached hydrogens (tertiary/aromatic N) is 4. The first-order valence-corrected chi connectivity index (χ1v) is 31.5. The van der Waals surface area contributed by atoms with Gasteiger partial charge < -0.3 is 18.3 Å². The Morgan fingerprint density at radius 2 is 0.360 bits per heavy atom. The first kappa shape index (κ1) is 47.7. The van der Waals surface area contributed by atoms with Crippen molar-refractivity contribution in [2.24, 2.45) is 0 Å². The molecule has 0 saturated carbocycles. The summed E-state index contributed by atoms with van der Waals surface area (Å²) in [5.74, 6) is 0. The maximum absolute atomic E-state index is 2.50. The molecule has 0 saturated heterocycles. The summed E-state index contributed by atoms with van der Waals surface area (Å²) in [6, 6.07) is 109. The lowest BCUT2D eigenvalue weighted by Crippen LogP contribution is -1.96. The van der Waals surface area contributed by atoms with Crippen LogP contribution in [0.5, 0.6) is 0 Å². The van der Waals surface area contributed by atoms with E-state index in [1.165, 1.54) is 172 Å². The Morgan fingerprint density at radius 1 is 0.146 bits per heavy atom. The normalized spacial score (nSPS) is 12.5. The SMILES string of the molecule is c1ccc2c(c1)c1cc(-n3c4ccccc4c4cc(-n5c6ccccc6c6ccccc65)ccc43)ccc1c1cc3sc4cc5c6ccc(-n7c8ccccc8c8cc(-n9c%10ccccc%10c%10ccccc%109)ccc87)cc6c6ccccc6c5cc4c3cc21. The monoisotopic (exact) mass is 1140 g/mol. The van der Waals surface area contributed by atoms with E-state index in [0.29, 0.717) is 0 Å². The molecule has 21 aromatic rings. The zero-order valence-electron chi connectivity index (χ0n) is 47.9. The maximum atomic E-state index is 2.50. The summed E-state index contributed by atoms with van der Waals surface area (Å²) in [4.78, 5) is 0. The van der Waals surface area contributed by atoms with Gasteiger partial charge in [-0.2, -0.15) is 0 Å². The number of para-hydroxylation sites is 6. The van der Waals surface area contributed by atoms with Crippen LogP contribution in [0.3, 0.4) is 0 Å². The van der Waals surface area contributed by atoms with Gasteiger partial charge >= 0.3 is 0 Å². The van der Waals surface area contributed by atoms with Gasteiger partial charge in [0.1, 0.15) is 0 Å². The van der Waals surface area contributed by atoms with E-state index in [1.807, 2.05) is 11.3 Å². The number of hydrogen-bond donors (Lipinski definition) is 0. The molecule has 410 valence electrons. The first-order valence-electron chi connectivity index (χ1n) is 30.7. The molecular weight excluding hydrogens is 1100 g/mol. The van der Waals surface area contributed by atoms with E-state index >= 15 is 0 Å². The predicted molar refractivity (Wildman–Crippen MR) is 382 cm³/mol. The summed E-state index contributed by atoms with van der Waals surface area (Å²) in [6.45, 7) is 0. The van der Waals surface area contributed by atoms with Crippen molar-refractivity contribution >= 4 is 183 Å².